The summed E-state index contributed by atoms with van der Waals surface area (Å²) in [6.45, 7) is 8.32. The summed E-state index contributed by atoms with van der Waals surface area (Å²) in [5.74, 6) is 0.747. The predicted octanol–water partition coefficient (Wildman–Crippen LogP) is 4.20. The molecule has 1 saturated heterocycles. The van der Waals surface area contributed by atoms with Crippen molar-refractivity contribution in [3.63, 3.8) is 0 Å². The van der Waals surface area contributed by atoms with Gasteiger partial charge in [0.25, 0.3) is 0 Å². The molecule has 1 aliphatic heterocycles. The van der Waals surface area contributed by atoms with E-state index in [9.17, 15) is 9.59 Å². The van der Waals surface area contributed by atoms with Gasteiger partial charge < -0.3 is 14.6 Å². The fraction of sp³-hybridized carbons (Fsp3) is 0.750. The van der Waals surface area contributed by atoms with Crippen LogP contribution in [0.3, 0.4) is 0 Å². The quantitative estimate of drug-likeness (QED) is 0.643. The number of ether oxygens (including phenoxy) is 2. The summed E-state index contributed by atoms with van der Waals surface area (Å²) < 4.78 is 18.7. The lowest BCUT2D eigenvalue weighted by Gasteiger charge is -2.43. The van der Waals surface area contributed by atoms with Crippen molar-refractivity contribution in [1.29, 1.82) is 1.43 Å². The molecule has 1 N–H and O–H groups in total. The second kappa shape index (κ2) is 9.46. The highest BCUT2D eigenvalue weighted by atomic mass is 16.5. The minimum absolute atomic E-state index is 0.0897. The number of cyclic esters (lactones) is 1. The molecule has 5 nitrogen and oxygen atoms in total. The predicted molar refractivity (Wildman–Crippen MR) is 111 cm³/mol. The van der Waals surface area contributed by atoms with Crippen LogP contribution in [0, 0.1) is 29.6 Å². The minimum Gasteiger partial charge on any atom is -0.462 e. The van der Waals surface area contributed by atoms with Crippen molar-refractivity contribution in [2.45, 2.75) is 84.5 Å². The first kappa shape index (κ1) is 20.6. The van der Waals surface area contributed by atoms with E-state index in [1.807, 2.05) is 13.8 Å². The van der Waals surface area contributed by atoms with Crippen molar-refractivity contribution in [2.24, 2.45) is 29.6 Å². The number of allylic oxidation sites excluding steroid dienone is 3. The van der Waals surface area contributed by atoms with E-state index in [2.05, 4.69) is 37.2 Å². The third kappa shape index (κ3) is 5.30. The van der Waals surface area contributed by atoms with Crippen LogP contribution in [-0.2, 0) is 19.1 Å². The van der Waals surface area contributed by atoms with Crippen LogP contribution >= 0.6 is 0 Å². The van der Waals surface area contributed by atoms with Crippen LogP contribution in [0.25, 0.3) is 0 Å². The molecule has 0 spiro atoms. The molecule has 3 rings (SSSR count). The molecule has 29 heavy (non-hydrogen) atoms. The smallest absolute Gasteiger partial charge is 0.308 e. The van der Waals surface area contributed by atoms with Crippen LogP contribution in [0.1, 0.15) is 66.2 Å². The molecule has 0 aromatic heterocycles. The van der Waals surface area contributed by atoms with Gasteiger partial charge in [0, 0.05) is 12.3 Å². The first-order valence-electron chi connectivity index (χ1n) is 11.6. The van der Waals surface area contributed by atoms with E-state index in [4.69, 9.17) is 10.9 Å². The molecule has 162 valence electrons. The van der Waals surface area contributed by atoms with Crippen LogP contribution in [-0.4, -0.2) is 36.8 Å². The molecule has 2 aliphatic carbocycles. The van der Waals surface area contributed by atoms with E-state index in [-0.39, 0.29) is 48.5 Å². The Morgan fingerprint density at radius 1 is 1.38 bits per heavy atom. The lowest BCUT2D eigenvalue weighted by atomic mass is 9.65. The standard InChI is InChI=1S/C24H36O5/c1-5-15(3)24(27)29-21-11-14(2)10-17-7-6-16(4)20(23(17)21)9-8-19-12-18(25)13-22(26)28-19/h6-7,10,14-16,18-21,23,25H,5,8-9,11-13H2,1-4H3/t14-,15-,16-,18+,19?,20-,21-,23-/m0/s1/i25D. The van der Waals surface area contributed by atoms with Crippen molar-refractivity contribution in [3.8, 4) is 0 Å². The highest BCUT2D eigenvalue weighted by Crippen LogP contribution is 2.45. The van der Waals surface area contributed by atoms with Gasteiger partial charge in [0.1, 0.15) is 12.2 Å². The van der Waals surface area contributed by atoms with Crippen molar-refractivity contribution >= 4 is 11.9 Å². The van der Waals surface area contributed by atoms with Crippen molar-refractivity contribution in [1.82, 2.24) is 0 Å². The first-order chi connectivity index (χ1) is 14.3. The molecule has 5 heteroatoms. The van der Waals surface area contributed by atoms with Gasteiger partial charge in [-0.2, -0.15) is 0 Å². The van der Waals surface area contributed by atoms with Gasteiger partial charge in [0.05, 0.1) is 18.4 Å². The molecule has 1 heterocycles. The monoisotopic (exact) mass is 405 g/mol. The SMILES string of the molecule is [2H]O[C@H]1CC(=O)OC(CC[C@@H]2[C@@H]3C(=C[C@H](C)C[C@@H]3OC(=O)[C@@H](C)CC)C=C[C@@H]2C)C1. The molecular formula is C24H36O5. The number of aliphatic hydroxyl groups excluding tert-OH is 1. The minimum atomic E-state index is -0.379. The van der Waals surface area contributed by atoms with Gasteiger partial charge in [0.2, 0.25) is 1.43 Å². The topological polar surface area (TPSA) is 72.8 Å². The van der Waals surface area contributed by atoms with E-state index < -0.39 is 0 Å². The van der Waals surface area contributed by atoms with Crippen LogP contribution in [0.15, 0.2) is 23.8 Å². The average molecular weight is 406 g/mol. The van der Waals surface area contributed by atoms with E-state index in [0.717, 1.165) is 25.7 Å². The fourth-order valence-electron chi connectivity index (χ4n) is 5.05. The lowest BCUT2D eigenvalue weighted by molar-refractivity contribution is -0.162. The Bertz CT molecular complexity index is 687. The Balaban J connectivity index is 1.73. The van der Waals surface area contributed by atoms with E-state index in [0.29, 0.717) is 24.2 Å². The highest BCUT2D eigenvalue weighted by Gasteiger charge is 2.42. The Kier molecular flexibility index (Phi) is 6.74. The van der Waals surface area contributed by atoms with Crippen molar-refractivity contribution in [2.75, 3.05) is 0 Å². The Morgan fingerprint density at radius 3 is 2.90 bits per heavy atom. The molecule has 0 bridgehead atoms. The Hall–Kier alpha value is -1.62. The van der Waals surface area contributed by atoms with E-state index >= 15 is 0 Å². The van der Waals surface area contributed by atoms with Gasteiger partial charge in [-0.1, -0.05) is 45.9 Å². The summed E-state index contributed by atoms with van der Waals surface area (Å²) in [7, 11) is 0. The summed E-state index contributed by atoms with van der Waals surface area (Å²) in [5.41, 5.74) is 1.27. The lowest BCUT2D eigenvalue weighted by Crippen LogP contribution is -2.42. The third-order valence-electron chi connectivity index (χ3n) is 6.92. The van der Waals surface area contributed by atoms with Crippen molar-refractivity contribution < 1.29 is 24.2 Å². The van der Waals surface area contributed by atoms with Crippen molar-refractivity contribution in [3.05, 3.63) is 23.8 Å². The molecule has 0 aromatic carbocycles. The summed E-state index contributed by atoms with van der Waals surface area (Å²) >= 11 is 0. The largest absolute Gasteiger partial charge is 0.462 e. The number of esters is 2. The molecule has 8 atom stereocenters. The highest BCUT2D eigenvalue weighted by molar-refractivity contribution is 5.72. The average Bonchev–Trinajstić information content (AvgIpc) is 2.71. The Morgan fingerprint density at radius 2 is 2.17 bits per heavy atom. The van der Waals surface area contributed by atoms with Gasteiger partial charge in [0.15, 0.2) is 0 Å². The van der Waals surface area contributed by atoms with Crippen LogP contribution < -0.4 is 0 Å². The molecule has 0 amide bonds. The number of hydrogen-bond acceptors (Lipinski definition) is 5. The number of aliphatic hydroxyl groups is 1. The summed E-state index contributed by atoms with van der Waals surface area (Å²) in [4.78, 5) is 24.4. The maximum atomic E-state index is 12.6. The normalized spacial score (nSPS) is 38.3. The molecule has 0 aromatic rings. The summed E-state index contributed by atoms with van der Waals surface area (Å²) in [5, 5.41) is 4.67. The second-order valence-electron chi connectivity index (χ2n) is 9.32. The zero-order valence-corrected chi connectivity index (χ0v) is 18.1. The zero-order chi connectivity index (χ0) is 21.8. The fourth-order valence-corrected chi connectivity index (χ4v) is 5.05. The maximum Gasteiger partial charge on any atom is 0.308 e. The second-order valence-corrected chi connectivity index (χ2v) is 9.32. The molecule has 0 saturated carbocycles. The van der Waals surface area contributed by atoms with E-state index in [1.54, 1.807) is 0 Å². The number of fused-ring (bicyclic) bond motifs is 1. The van der Waals surface area contributed by atoms with Gasteiger partial charge in [-0.25, -0.2) is 0 Å². The van der Waals surface area contributed by atoms with Crippen LogP contribution in [0.2, 0.25) is 0 Å². The molecular weight excluding hydrogens is 368 g/mol. The summed E-state index contributed by atoms with van der Waals surface area (Å²) in [6, 6.07) is 0. The molecule has 1 fully saturated rings. The van der Waals surface area contributed by atoms with Crippen LogP contribution in [0.4, 0.5) is 0 Å². The molecule has 1 unspecified atom stereocenters. The van der Waals surface area contributed by atoms with Crippen LogP contribution in [0.5, 0.6) is 0 Å². The first-order valence-corrected chi connectivity index (χ1v) is 11.2. The number of carbonyl (C=O) groups excluding carboxylic acids is 2. The zero-order valence-electron chi connectivity index (χ0n) is 19.1. The number of carbonyl (C=O) groups is 2. The summed E-state index contributed by atoms with van der Waals surface area (Å²) in [6.07, 6.45) is 10.0. The van der Waals surface area contributed by atoms with Gasteiger partial charge >= 0.3 is 11.9 Å². The molecule has 3 aliphatic rings. The molecule has 0 radical (unpaired) electrons. The van der Waals surface area contributed by atoms with Gasteiger partial charge in [-0.3, -0.25) is 9.59 Å². The third-order valence-corrected chi connectivity index (χ3v) is 6.92. The van der Waals surface area contributed by atoms with Gasteiger partial charge in [-0.05, 0) is 49.0 Å². The number of hydrogen-bond donors (Lipinski definition) is 1. The number of rotatable bonds is 7. The van der Waals surface area contributed by atoms with Gasteiger partial charge in [-0.15, -0.1) is 0 Å². The Labute approximate surface area is 176 Å². The maximum absolute atomic E-state index is 12.6. The van der Waals surface area contributed by atoms with E-state index in [1.165, 1.54) is 5.57 Å².